The normalized spacial score (nSPS) is 18.8. The Labute approximate surface area is 196 Å². The van der Waals surface area contributed by atoms with Crippen LogP contribution in [0.15, 0.2) is 24.3 Å². The summed E-state index contributed by atoms with van der Waals surface area (Å²) in [5.74, 6) is 1.80. The molecule has 33 heavy (non-hydrogen) atoms. The Morgan fingerprint density at radius 2 is 1.97 bits per heavy atom. The number of urea groups is 1. The Kier molecular flexibility index (Phi) is 7.45. The van der Waals surface area contributed by atoms with Gasteiger partial charge >= 0.3 is 6.03 Å². The first-order chi connectivity index (χ1) is 16.0. The van der Waals surface area contributed by atoms with Gasteiger partial charge in [-0.1, -0.05) is 6.92 Å². The summed E-state index contributed by atoms with van der Waals surface area (Å²) in [6.45, 7) is 13.4. The van der Waals surface area contributed by atoms with Crippen LogP contribution in [0.2, 0.25) is 0 Å². The van der Waals surface area contributed by atoms with Crippen LogP contribution in [0, 0.1) is 0 Å². The van der Waals surface area contributed by atoms with Crippen LogP contribution in [-0.2, 0) is 17.7 Å². The number of hydrogen-bond donors (Lipinski definition) is 2. The lowest BCUT2D eigenvalue weighted by Crippen LogP contribution is -2.47. The number of nitrogens with zero attached hydrogens (tertiary/aromatic N) is 4. The van der Waals surface area contributed by atoms with E-state index in [4.69, 9.17) is 14.7 Å². The molecule has 0 bridgehead atoms. The smallest absolute Gasteiger partial charge is 0.319 e. The van der Waals surface area contributed by atoms with Crippen LogP contribution < -0.4 is 15.5 Å². The molecule has 1 saturated heterocycles. The molecule has 1 atom stereocenters. The van der Waals surface area contributed by atoms with Crippen molar-refractivity contribution >= 4 is 17.5 Å². The molecule has 4 rings (SSSR count). The number of ether oxygens (including phenoxy) is 1. The number of hydrogen-bond acceptors (Lipinski definition) is 6. The number of benzene rings is 1. The largest absolute Gasteiger partial charge is 0.377 e. The average Bonchev–Trinajstić information content (AvgIpc) is 2.83. The van der Waals surface area contributed by atoms with Gasteiger partial charge in [-0.25, -0.2) is 14.8 Å². The molecule has 3 heterocycles. The van der Waals surface area contributed by atoms with Crippen LogP contribution in [0.1, 0.15) is 45.4 Å². The molecular formula is C25H36N6O2. The third-order valence-corrected chi connectivity index (χ3v) is 6.51. The second-order valence-electron chi connectivity index (χ2n) is 9.00. The minimum atomic E-state index is -0.204. The second kappa shape index (κ2) is 10.5. The van der Waals surface area contributed by atoms with Crippen molar-refractivity contribution in [3.63, 3.8) is 0 Å². The molecule has 2 aliphatic heterocycles. The lowest BCUT2D eigenvalue weighted by atomic mass is 10.0. The second-order valence-corrected chi connectivity index (χ2v) is 9.00. The zero-order valence-corrected chi connectivity index (χ0v) is 20.2. The van der Waals surface area contributed by atoms with Crippen molar-refractivity contribution in [2.45, 2.75) is 59.2 Å². The number of nitrogens with one attached hydrogen (secondary N) is 2. The highest BCUT2D eigenvalue weighted by Crippen LogP contribution is 2.32. The molecule has 2 aliphatic rings. The monoisotopic (exact) mass is 452 g/mol. The van der Waals surface area contributed by atoms with E-state index in [9.17, 15) is 4.79 Å². The molecule has 1 aromatic carbocycles. The van der Waals surface area contributed by atoms with Crippen molar-refractivity contribution in [1.29, 1.82) is 0 Å². The number of carbonyl (C=O) groups is 1. The Balaban J connectivity index is 1.69. The van der Waals surface area contributed by atoms with Gasteiger partial charge in [0.15, 0.2) is 5.82 Å². The molecule has 2 amide bonds. The summed E-state index contributed by atoms with van der Waals surface area (Å²) in [7, 11) is 0. The zero-order valence-electron chi connectivity index (χ0n) is 20.2. The van der Waals surface area contributed by atoms with Crippen molar-refractivity contribution in [3.05, 3.63) is 35.5 Å². The van der Waals surface area contributed by atoms with Crippen molar-refractivity contribution in [1.82, 2.24) is 20.2 Å². The van der Waals surface area contributed by atoms with Crippen LogP contribution in [-0.4, -0.2) is 65.8 Å². The van der Waals surface area contributed by atoms with Crippen LogP contribution in [0.25, 0.3) is 11.4 Å². The quantitative estimate of drug-likeness (QED) is 0.696. The molecule has 8 nitrogen and oxygen atoms in total. The highest BCUT2D eigenvalue weighted by Gasteiger charge is 2.30. The number of fused-ring (bicyclic) bond motifs is 1. The molecule has 0 spiro atoms. The van der Waals surface area contributed by atoms with Crippen molar-refractivity contribution in [2.75, 3.05) is 43.1 Å². The highest BCUT2D eigenvalue weighted by atomic mass is 16.5. The van der Waals surface area contributed by atoms with E-state index >= 15 is 0 Å². The van der Waals surface area contributed by atoms with E-state index in [0.29, 0.717) is 18.6 Å². The van der Waals surface area contributed by atoms with Gasteiger partial charge in [-0.15, -0.1) is 0 Å². The molecule has 0 saturated carbocycles. The van der Waals surface area contributed by atoms with E-state index < -0.39 is 0 Å². The maximum absolute atomic E-state index is 11.8. The van der Waals surface area contributed by atoms with E-state index in [1.165, 1.54) is 5.56 Å². The topological polar surface area (TPSA) is 82.6 Å². The number of anilines is 2. The van der Waals surface area contributed by atoms with Gasteiger partial charge in [-0.2, -0.15) is 0 Å². The summed E-state index contributed by atoms with van der Waals surface area (Å²) in [5.41, 5.74) is 4.10. The third kappa shape index (κ3) is 5.28. The van der Waals surface area contributed by atoms with Crippen LogP contribution >= 0.6 is 0 Å². The molecule has 8 heteroatoms. The van der Waals surface area contributed by atoms with Gasteiger partial charge in [0.05, 0.1) is 24.9 Å². The molecular weight excluding hydrogens is 416 g/mol. The standard InChI is InChI=1S/C25H36N6O2/c1-5-20-16-33-14-13-31(20)24-21-11-12-30(17(3)4)15-22(21)28-23(29-24)18-7-9-19(10-8-18)27-25(32)26-6-2/h7-10,17,20H,5-6,11-16H2,1-4H3,(H2,26,27,32)/t20-/m0/s1. The van der Waals surface area contributed by atoms with E-state index in [1.807, 2.05) is 31.2 Å². The van der Waals surface area contributed by atoms with Crippen molar-refractivity contribution in [3.8, 4) is 11.4 Å². The summed E-state index contributed by atoms with van der Waals surface area (Å²) < 4.78 is 5.76. The van der Waals surface area contributed by atoms with E-state index in [0.717, 1.165) is 74.3 Å². The van der Waals surface area contributed by atoms with Gasteiger partial charge in [0.25, 0.3) is 0 Å². The number of amides is 2. The average molecular weight is 453 g/mol. The molecule has 1 fully saturated rings. The fourth-order valence-electron chi connectivity index (χ4n) is 4.55. The summed E-state index contributed by atoms with van der Waals surface area (Å²) in [6.07, 6.45) is 1.98. The molecule has 0 unspecified atom stereocenters. The zero-order chi connectivity index (χ0) is 23.4. The molecule has 1 aromatic heterocycles. The van der Waals surface area contributed by atoms with Crippen LogP contribution in [0.4, 0.5) is 16.3 Å². The van der Waals surface area contributed by atoms with E-state index in [-0.39, 0.29) is 6.03 Å². The van der Waals surface area contributed by atoms with Gasteiger partial charge in [0, 0.05) is 49.0 Å². The lowest BCUT2D eigenvalue weighted by molar-refractivity contribution is 0.0923. The fraction of sp³-hybridized carbons (Fsp3) is 0.560. The van der Waals surface area contributed by atoms with Gasteiger partial charge in [-0.3, -0.25) is 4.90 Å². The summed E-state index contributed by atoms with van der Waals surface area (Å²) >= 11 is 0. The van der Waals surface area contributed by atoms with Gasteiger partial charge in [0.2, 0.25) is 0 Å². The molecule has 0 radical (unpaired) electrons. The highest BCUT2D eigenvalue weighted by molar-refractivity contribution is 5.89. The van der Waals surface area contributed by atoms with E-state index in [2.05, 4.69) is 41.2 Å². The molecule has 0 aliphatic carbocycles. The van der Waals surface area contributed by atoms with Gasteiger partial charge < -0.3 is 20.3 Å². The minimum Gasteiger partial charge on any atom is -0.377 e. The van der Waals surface area contributed by atoms with Crippen LogP contribution in [0.5, 0.6) is 0 Å². The lowest BCUT2D eigenvalue weighted by Gasteiger charge is -2.39. The van der Waals surface area contributed by atoms with Crippen LogP contribution in [0.3, 0.4) is 0 Å². The van der Waals surface area contributed by atoms with E-state index in [1.54, 1.807) is 0 Å². The third-order valence-electron chi connectivity index (χ3n) is 6.51. The number of aromatic nitrogens is 2. The summed E-state index contributed by atoms with van der Waals surface area (Å²) in [4.78, 5) is 26.9. The first kappa shape index (κ1) is 23.4. The fourth-order valence-corrected chi connectivity index (χ4v) is 4.55. The predicted molar refractivity (Wildman–Crippen MR) is 132 cm³/mol. The predicted octanol–water partition coefficient (Wildman–Crippen LogP) is 3.67. The minimum absolute atomic E-state index is 0.204. The number of morpholine rings is 1. The maximum Gasteiger partial charge on any atom is 0.319 e. The summed E-state index contributed by atoms with van der Waals surface area (Å²) in [6, 6.07) is 8.36. The first-order valence-corrected chi connectivity index (χ1v) is 12.1. The number of carbonyl (C=O) groups excluding carboxylic acids is 1. The SMILES string of the molecule is CCNC(=O)Nc1ccc(-c2nc3c(c(N4CCOC[C@@H]4CC)n2)CCN(C(C)C)C3)cc1. The number of rotatable bonds is 6. The van der Waals surface area contributed by atoms with Gasteiger partial charge in [-0.05, 0) is 57.9 Å². The Morgan fingerprint density at radius 3 is 2.67 bits per heavy atom. The Bertz CT molecular complexity index is 962. The Morgan fingerprint density at radius 1 is 1.18 bits per heavy atom. The molecule has 178 valence electrons. The van der Waals surface area contributed by atoms with Crippen molar-refractivity contribution in [2.24, 2.45) is 0 Å². The molecule has 2 aromatic rings. The first-order valence-electron chi connectivity index (χ1n) is 12.1. The maximum atomic E-state index is 11.8. The summed E-state index contributed by atoms with van der Waals surface area (Å²) in [5, 5.41) is 5.59. The molecule has 2 N–H and O–H groups in total. The van der Waals surface area contributed by atoms with Gasteiger partial charge in [0.1, 0.15) is 5.82 Å². The Hall–Kier alpha value is -2.71. The van der Waals surface area contributed by atoms with Crippen molar-refractivity contribution < 1.29 is 9.53 Å².